The first-order valence-corrected chi connectivity index (χ1v) is 5.84. The number of anilines is 1. The molecule has 1 aliphatic heterocycles. The zero-order valence-electron chi connectivity index (χ0n) is 8.85. The van der Waals surface area contributed by atoms with Gasteiger partial charge in [0.2, 0.25) is 0 Å². The normalized spacial score (nSPS) is 22.5. The van der Waals surface area contributed by atoms with E-state index in [1.54, 1.807) is 12.1 Å². The smallest absolute Gasteiger partial charge is 0.123 e. The Balaban J connectivity index is 1.90. The highest BCUT2D eigenvalue weighted by molar-refractivity contribution is 5.59. The minimum absolute atomic E-state index is 0.108. The molecule has 1 fully saturated rings. The molecule has 1 aromatic rings. The largest absolute Gasteiger partial charge is 0.379 e. The monoisotopic (exact) mass is 205 g/mol. The Hall–Kier alpha value is -1.05. The zero-order chi connectivity index (χ0) is 10.3. The Labute approximate surface area is 89.7 Å². The molecule has 1 saturated carbocycles. The molecule has 2 aliphatic rings. The van der Waals surface area contributed by atoms with Crippen LogP contribution in [0.2, 0.25) is 0 Å². The summed E-state index contributed by atoms with van der Waals surface area (Å²) >= 11 is 0. The van der Waals surface area contributed by atoms with Crippen molar-refractivity contribution in [2.75, 3.05) is 5.32 Å². The molecule has 0 saturated heterocycles. The van der Waals surface area contributed by atoms with Crippen molar-refractivity contribution in [1.82, 2.24) is 0 Å². The van der Waals surface area contributed by atoms with Gasteiger partial charge in [-0.3, -0.25) is 0 Å². The quantitative estimate of drug-likeness (QED) is 0.683. The standard InChI is InChI=1S/C13H16FN/c14-11-4-5-12-10(8-11)9-13(15-12)6-2-1-3-7-13/h4-5,8,15H,1-3,6-7,9H2. The lowest BCUT2D eigenvalue weighted by Gasteiger charge is -2.34. The zero-order valence-corrected chi connectivity index (χ0v) is 8.85. The van der Waals surface area contributed by atoms with Gasteiger partial charge in [-0.15, -0.1) is 0 Å². The van der Waals surface area contributed by atoms with Crippen LogP contribution in [0.3, 0.4) is 0 Å². The number of rotatable bonds is 0. The summed E-state index contributed by atoms with van der Waals surface area (Å²) in [4.78, 5) is 0. The Morgan fingerprint density at radius 1 is 1.13 bits per heavy atom. The highest BCUT2D eigenvalue weighted by Crippen LogP contribution is 2.41. The van der Waals surface area contributed by atoms with Crippen molar-refractivity contribution in [3.05, 3.63) is 29.6 Å². The predicted molar refractivity (Wildman–Crippen MR) is 59.5 cm³/mol. The molecule has 15 heavy (non-hydrogen) atoms. The van der Waals surface area contributed by atoms with Gasteiger partial charge in [0.1, 0.15) is 5.82 Å². The molecule has 1 aromatic carbocycles. The van der Waals surface area contributed by atoms with Gasteiger partial charge in [-0.25, -0.2) is 4.39 Å². The van der Waals surface area contributed by atoms with Crippen LogP contribution in [-0.4, -0.2) is 5.54 Å². The minimum Gasteiger partial charge on any atom is -0.379 e. The van der Waals surface area contributed by atoms with E-state index in [9.17, 15) is 4.39 Å². The second-order valence-corrected chi connectivity index (χ2v) is 4.94. The van der Waals surface area contributed by atoms with Crippen LogP contribution in [0.5, 0.6) is 0 Å². The molecule has 1 heterocycles. The summed E-state index contributed by atoms with van der Waals surface area (Å²) in [6, 6.07) is 5.12. The maximum absolute atomic E-state index is 13.1. The van der Waals surface area contributed by atoms with Crippen LogP contribution in [0.1, 0.15) is 37.7 Å². The van der Waals surface area contributed by atoms with Crippen LogP contribution in [0.25, 0.3) is 0 Å². The van der Waals surface area contributed by atoms with E-state index in [1.165, 1.54) is 32.1 Å². The third-order valence-electron chi connectivity index (χ3n) is 3.81. The van der Waals surface area contributed by atoms with E-state index < -0.39 is 0 Å². The fourth-order valence-corrected chi connectivity index (χ4v) is 3.06. The summed E-state index contributed by atoms with van der Waals surface area (Å²) in [7, 11) is 0. The Bertz CT molecular complexity index is 380. The van der Waals surface area contributed by atoms with Crippen LogP contribution in [0, 0.1) is 5.82 Å². The predicted octanol–water partition coefficient (Wildman–Crippen LogP) is 3.50. The maximum Gasteiger partial charge on any atom is 0.123 e. The molecule has 3 rings (SSSR count). The Morgan fingerprint density at radius 3 is 2.73 bits per heavy atom. The van der Waals surface area contributed by atoms with E-state index in [0.717, 1.165) is 17.7 Å². The van der Waals surface area contributed by atoms with Gasteiger partial charge in [0.25, 0.3) is 0 Å². The number of nitrogens with one attached hydrogen (secondary N) is 1. The Kier molecular flexibility index (Phi) is 1.98. The topological polar surface area (TPSA) is 12.0 Å². The molecule has 80 valence electrons. The summed E-state index contributed by atoms with van der Waals surface area (Å²) < 4.78 is 13.1. The molecule has 1 nitrogen and oxygen atoms in total. The van der Waals surface area contributed by atoms with Gasteiger partial charge in [-0.1, -0.05) is 19.3 Å². The third-order valence-corrected chi connectivity index (χ3v) is 3.81. The minimum atomic E-state index is -0.108. The van der Waals surface area contributed by atoms with Gasteiger partial charge in [-0.2, -0.15) is 0 Å². The van der Waals surface area contributed by atoms with E-state index in [-0.39, 0.29) is 11.4 Å². The number of fused-ring (bicyclic) bond motifs is 1. The highest BCUT2D eigenvalue weighted by Gasteiger charge is 2.37. The second-order valence-electron chi connectivity index (χ2n) is 4.94. The first kappa shape index (κ1) is 9.20. The molecule has 0 aromatic heterocycles. The average Bonchev–Trinajstić information content (AvgIpc) is 2.56. The van der Waals surface area contributed by atoms with Crippen LogP contribution in [-0.2, 0) is 6.42 Å². The van der Waals surface area contributed by atoms with Gasteiger partial charge >= 0.3 is 0 Å². The number of benzene rings is 1. The maximum atomic E-state index is 13.1. The lowest BCUT2D eigenvalue weighted by molar-refractivity contribution is 0.332. The van der Waals surface area contributed by atoms with Crippen molar-refractivity contribution in [2.24, 2.45) is 0 Å². The van der Waals surface area contributed by atoms with Crippen LogP contribution >= 0.6 is 0 Å². The molecule has 0 bridgehead atoms. The average molecular weight is 205 g/mol. The van der Waals surface area contributed by atoms with E-state index in [2.05, 4.69) is 5.32 Å². The summed E-state index contributed by atoms with van der Waals surface area (Å²) in [5, 5.41) is 3.61. The van der Waals surface area contributed by atoms with Crippen molar-refractivity contribution >= 4 is 5.69 Å². The fourth-order valence-electron chi connectivity index (χ4n) is 3.06. The van der Waals surface area contributed by atoms with E-state index in [4.69, 9.17) is 0 Å². The van der Waals surface area contributed by atoms with E-state index >= 15 is 0 Å². The molecule has 1 N–H and O–H groups in total. The summed E-state index contributed by atoms with van der Waals surface area (Å²) in [6.45, 7) is 0. The lowest BCUT2D eigenvalue weighted by Crippen LogP contribution is -2.38. The fraction of sp³-hybridized carbons (Fsp3) is 0.538. The molecule has 2 heteroatoms. The van der Waals surface area contributed by atoms with Crippen LogP contribution in [0.4, 0.5) is 10.1 Å². The number of hydrogen-bond acceptors (Lipinski definition) is 1. The van der Waals surface area contributed by atoms with Crippen molar-refractivity contribution in [2.45, 2.75) is 44.1 Å². The van der Waals surface area contributed by atoms with Gasteiger partial charge < -0.3 is 5.32 Å². The van der Waals surface area contributed by atoms with Gasteiger partial charge in [-0.05, 0) is 43.0 Å². The lowest BCUT2D eigenvalue weighted by atomic mass is 9.80. The van der Waals surface area contributed by atoms with Crippen molar-refractivity contribution in [3.63, 3.8) is 0 Å². The van der Waals surface area contributed by atoms with Crippen molar-refractivity contribution in [3.8, 4) is 0 Å². The van der Waals surface area contributed by atoms with Crippen molar-refractivity contribution in [1.29, 1.82) is 0 Å². The summed E-state index contributed by atoms with van der Waals surface area (Å²) in [5.41, 5.74) is 2.57. The molecular formula is C13H16FN. The van der Waals surface area contributed by atoms with Gasteiger partial charge in [0, 0.05) is 11.2 Å². The molecule has 1 aliphatic carbocycles. The molecular weight excluding hydrogens is 189 g/mol. The third kappa shape index (κ3) is 1.52. The Morgan fingerprint density at radius 2 is 1.93 bits per heavy atom. The second kappa shape index (κ2) is 3.22. The molecule has 0 unspecified atom stereocenters. The summed E-state index contributed by atoms with van der Waals surface area (Å²) in [6.07, 6.45) is 7.47. The molecule has 0 radical (unpaired) electrons. The first-order valence-electron chi connectivity index (χ1n) is 5.84. The number of halogens is 1. The van der Waals surface area contributed by atoms with Crippen molar-refractivity contribution < 1.29 is 4.39 Å². The molecule has 0 atom stereocenters. The highest BCUT2D eigenvalue weighted by atomic mass is 19.1. The van der Waals surface area contributed by atoms with Crippen LogP contribution in [0.15, 0.2) is 18.2 Å². The van der Waals surface area contributed by atoms with E-state index in [1.807, 2.05) is 6.07 Å². The van der Waals surface area contributed by atoms with Crippen LogP contribution < -0.4 is 5.32 Å². The SMILES string of the molecule is Fc1ccc2c(c1)CC1(CCCCC1)N2. The summed E-state index contributed by atoms with van der Waals surface area (Å²) in [5.74, 6) is -0.108. The number of hydrogen-bond donors (Lipinski definition) is 1. The van der Waals surface area contributed by atoms with Gasteiger partial charge in [0.05, 0.1) is 0 Å². The molecule has 1 spiro atoms. The van der Waals surface area contributed by atoms with Gasteiger partial charge in [0.15, 0.2) is 0 Å². The molecule has 0 amide bonds. The van der Waals surface area contributed by atoms with E-state index in [0.29, 0.717) is 0 Å². The first-order chi connectivity index (χ1) is 7.27.